The quantitative estimate of drug-likeness (QED) is 0.737. The van der Waals surface area contributed by atoms with E-state index in [1.54, 1.807) is 0 Å². The van der Waals surface area contributed by atoms with Crippen LogP contribution in [0, 0.1) is 0 Å². The molecular weight excluding hydrogens is 195 g/mol. The summed E-state index contributed by atoms with van der Waals surface area (Å²) in [4.78, 5) is 3.58. The predicted octanol–water partition coefficient (Wildman–Crippen LogP) is 2.64. The second kappa shape index (κ2) is 3.15. The monoisotopic (exact) mass is 203 g/mol. The zero-order chi connectivity index (χ0) is 10.2. The second-order valence-electron chi connectivity index (χ2n) is 3.20. The standard InChI is InChI=1S/C9H8F3NO/c10-9(11,12)6-1-4-8(13-5-6)14-7-2-3-7/h1,4-5,7H,2-3H2. The molecule has 1 aromatic rings. The van der Waals surface area contributed by atoms with E-state index < -0.39 is 11.7 Å². The Balaban J connectivity index is 2.08. The molecule has 0 atom stereocenters. The average Bonchev–Trinajstić information content (AvgIpc) is 2.88. The fourth-order valence-electron chi connectivity index (χ4n) is 0.974. The van der Waals surface area contributed by atoms with E-state index in [1.165, 1.54) is 6.07 Å². The molecule has 0 bridgehead atoms. The molecule has 1 aliphatic rings. The Labute approximate surface area is 78.7 Å². The van der Waals surface area contributed by atoms with Crippen molar-refractivity contribution in [3.63, 3.8) is 0 Å². The van der Waals surface area contributed by atoms with E-state index in [0.29, 0.717) is 0 Å². The summed E-state index contributed by atoms with van der Waals surface area (Å²) in [7, 11) is 0. The van der Waals surface area contributed by atoms with E-state index in [-0.39, 0.29) is 12.0 Å². The zero-order valence-corrected chi connectivity index (χ0v) is 7.21. The van der Waals surface area contributed by atoms with Gasteiger partial charge in [-0.3, -0.25) is 0 Å². The van der Waals surface area contributed by atoms with Crippen molar-refractivity contribution in [2.24, 2.45) is 0 Å². The maximum atomic E-state index is 12.1. The van der Waals surface area contributed by atoms with Crippen LogP contribution in [0.1, 0.15) is 18.4 Å². The van der Waals surface area contributed by atoms with Crippen molar-refractivity contribution in [3.05, 3.63) is 23.9 Å². The largest absolute Gasteiger partial charge is 0.474 e. The second-order valence-corrected chi connectivity index (χ2v) is 3.20. The third-order valence-corrected chi connectivity index (χ3v) is 1.88. The molecule has 0 N–H and O–H groups in total. The van der Waals surface area contributed by atoms with Crippen molar-refractivity contribution in [1.29, 1.82) is 0 Å². The summed E-state index contributed by atoms with van der Waals surface area (Å²) in [6.07, 6.45) is -1.46. The van der Waals surface area contributed by atoms with Crippen LogP contribution in [-0.2, 0) is 6.18 Å². The van der Waals surface area contributed by atoms with Gasteiger partial charge in [0.25, 0.3) is 0 Å². The molecule has 0 saturated heterocycles. The molecule has 0 spiro atoms. The molecule has 2 nitrogen and oxygen atoms in total. The number of hydrogen-bond acceptors (Lipinski definition) is 2. The molecule has 0 aliphatic heterocycles. The van der Waals surface area contributed by atoms with E-state index in [0.717, 1.165) is 25.1 Å². The average molecular weight is 203 g/mol. The lowest BCUT2D eigenvalue weighted by molar-refractivity contribution is -0.137. The van der Waals surface area contributed by atoms with Gasteiger partial charge in [0.2, 0.25) is 5.88 Å². The van der Waals surface area contributed by atoms with Crippen molar-refractivity contribution in [2.45, 2.75) is 25.1 Å². The fourth-order valence-corrected chi connectivity index (χ4v) is 0.974. The van der Waals surface area contributed by atoms with E-state index in [2.05, 4.69) is 4.98 Å². The predicted molar refractivity (Wildman–Crippen MR) is 42.9 cm³/mol. The van der Waals surface area contributed by atoms with Crippen LogP contribution >= 0.6 is 0 Å². The van der Waals surface area contributed by atoms with Crippen LogP contribution in [0.4, 0.5) is 13.2 Å². The highest BCUT2D eigenvalue weighted by atomic mass is 19.4. The number of alkyl halides is 3. The maximum absolute atomic E-state index is 12.1. The van der Waals surface area contributed by atoms with Crippen LogP contribution in [0.2, 0.25) is 0 Å². The number of halogens is 3. The van der Waals surface area contributed by atoms with Crippen molar-refractivity contribution < 1.29 is 17.9 Å². The highest BCUT2D eigenvalue weighted by Gasteiger charge is 2.31. The number of ether oxygens (including phenoxy) is 1. The molecule has 1 saturated carbocycles. The lowest BCUT2D eigenvalue weighted by atomic mass is 10.3. The van der Waals surface area contributed by atoms with Crippen molar-refractivity contribution in [1.82, 2.24) is 4.98 Å². The summed E-state index contributed by atoms with van der Waals surface area (Å²) in [5.41, 5.74) is -0.749. The Morgan fingerprint density at radius 1 is 1.29 bits per heavy atom. The van der Waals surface area contributed by atoms with Gasteiger partial charge < -0.3 is 4.74 Å². The summed E-state index contributed by atoms with van der Waals surface area (Å²) < 4.78 is 41.6. The van der Waals surface area contributed by atoms with Crippen LogP contribution in [0.25, 0.3) is 0 Å². The number of nitrogens with zero attached hydrogens (tertiary/aromatic N) is 1. The number of pyridine rings is 1. The van der Waals surface area contributed by atoms with Crippen LogP contribution in [0.15, 0.2) is 18.3 Å². The first-order chi connectivity index (χ1) is 6.55. The van der Waals surface area contributed by atoms with Gasteiger partial charge in [0.1, 0.15) is 6.10 Å². The fraction of sp³-hybridized carbons (Fsp3) is 0.444. The van der Waals surface area contributed by atoms with Gasteiger partial charge in [-0.05, 0) is 18.9 Å². The molecule has 0 aromatic carbocycles. The molecule has 2 rings (SSSR count). The highest BCUT2D eigenvalue weighted by molar-refractivity contribution is 5.20. The van der Waals surface area contributed by atoms with E-state index in [4.69, 9.17) is 4.74 Å². The molecule has 0 radical (unpaired) electrons. The highest BCUT2D eigenvalue weighted by Crippen LogP contribution is 2.30. The van der Waals surface area contributed by atoms with E-state index in [9.17, 15) is 13.2 Å². The van der Waals surface area contributed by atoms with Gasteiger partial charge in [-0.1, -0.05) is 0 Å². The van der Waals surface area contributed by atoms with Crippen molar-refractivity contribution in [3.8, 4) is 5.88 Å². The minimum atomic E-state index is -4.33. The molecule has 14 heavy (non-hydrogen) atoms. The Bertz CT molecular complexity index is 316. The van der Waals surface area contributed by atoms with Crippen LogP contribution in [0.5, 0.6) is 5.88 Å². The molecule has 1 aromatic heterocycles. The summed E-state index contributed by atoms with van der Waals surface area (Å²) in [6.45, 7) is 0. The SMILES string of the molecule is FC(F)(F)c1ccc(OC2CC2)nc1. The normalized spacial score (nSPS) is 16.8. The smallest absolute Gasteiger partial charge is 0.417 e. The molecule has 0 unspecified atom stereocenters. The van der Waals surface area contributed by atoms with Gasteiger partial charge in [0.05, 0.1) is 5.56 Å². The van der Waals surface area contributed by atoms with Gasteiger partial charge in [-0.25, -0.2) is 4.98 Å². The molecule has 1 heterocycles. The summed E-state index contributed by atoms with van der Waals surface area (Å²) in [6, 6.07) is 2.23. The minimum absolute atomic E-state index is 0.152. The molecule has 1 fully saturated rings. The Hall–Kier alpha value is -1.26. The third-order valence-electron chi connectivity index (χ3n) is 1.88. The van der Waals surface area contributed by atoms with Gasteiger partial charge >= 0.3 is 6.18 Å². The number of hydrogen-bond donors (Lipinski definition) is 0. The first-order valence-electron chi connectivity index (χ1n) is 4.25. The molecule has 1 aliphatic carbocycles. The van der Waals surface area contributed by atoms with E-state index in [1.807, 2.05) is 0 Å². The van der Waals surface area contributed by atoms with Gasteiger partial charge in [-0.2, -0.15) is 13.2 Å². The van der Waals surface area contributed by atoms with Crippen molar-refractivity contribution >= 4 is 0 Å². The lowest BCUT2D eigenvalue weighted by Gasteiger charge is -2.07. The van der Waals surface area contributed by atoms with Crippen LogP contribution in [0.3, 0.4) is 0 Å². The summed E-state index contributed by atoms with van der Waals surface area (Å²) >= 11 is 0. The Kier molecular flexibility index (Phi) is 2.09. The Morgan fingerprint density at radius 3 is 2.43 bits per heavy atom. The molecular formula is C9H8F3NO. The molecule has 76 valence electrons. The third kappa shape index (κ3) is 2.16. The molecule has 5 heteroatoms. The minimum Gasteiger partial charge on any atom is -0.474 e. The number of rotatable bonds is 2. The number of aromatic nitrogens is 1. The Morgan fingerprint density at radius 2 is 2.00 bits per heavy atom. The summed E-state index contributed by atoms with van der Waals surface area (Å²) in [5.74, 6) is 0.264. The van der Waals surface area contributed by atoms with Crippen LogP contribution < -0.4 is 4.74 Å². The first kappa shape index (κ1) is 9.30. The lowest BCUT2D eigenvalue weighted by Crippen LogP contribution is -2.06. The maximum Gasteiger partial charge on any atom is 0.417 e. The first-order valence-corrected chi connectivity index (χ1v) is 4.25. The molecule has 0 amide bonds. The van der Waals surface area contributed by atoms with E-state index >= 15 is 0 Å². The van der Waals surface area contributed by atoms with Gasteiger partial charge in [-0.15, -0.1) is 0 Å². The van der Waals surface area contributed by atoms with Crippen LogP contribution in [-0.4, -0.2) is 11.1 Å². The van der Waals surface area contributed by atoms with Gasteiger partial charge in [0, 0.05) is 12.3 Å². The zero-order valence-electron chi connectivity index (χ0n) is 7.21. The summed E-state index contributed by atoms with van der Waals surface area (Å²) in [5, 5.41) is 0. The van der Waals surface area contributed by atoms with Gasteiger partial charge in [0.15, 0.2) is 0 Å². The van der Waals surface area contributed by atoms with Crippen molar-refractivity contribution in [2.75, 3.05) is 0 Å². The topological polar surface area (TPSA) is 22.1 Å².